The van der Waals surface area contributed by atoms with Crippen molar-refractivity contribution in [2.24, 2.45) is 0 Å². The zero-order chi connectivity index (χ0) is 11.0. The van der Waals surface area contributed by atoms with Crippen LogP contribution in [0.1, 0.15) is 34.2 Å². The summed E-state index contributed by atoms with van der Waals surface area (Å²) in [6.45, 7) is 5.47. The van der Waals surface area contributed by atoms with Gasteiger partial charge in [-0.2, -0.15) is 0 Å². The second-order valence-electron chi connectivity index (χ2n) is 4.27. The van der Waals surface area contributed by atoms with Crippen LogP contribution in [0.3, 0.4) is 0 Å². The highest BCUT2D eigenvalue weighted by atomic mass is 16.1. The third-order valence-corrected chi connectivity index (χ3v) is 2.93. The number of aromatic nitrogens is 1. The van der Waals surface area contributed by atoms with E-state index in [1.807, 2.05) is 13.0 Å². The Morgan fingerprint density at radius 2 is 2.27 bits per heavy atom. The zero-order valence-corrected chi connectivity index (χ0v) is 9.50. The fourth-order valence-electron chi connectivity index (χ4n) is 2.07. The minimum Gasteiger partial charge on any atom is -0.302 e. The summed E-state index contributed by atoms with van der Waals surface area (Å²) in [7, 11) is 2.09. The van der Waals surface area contributed by atoms with Crippen molar-refractivity contribution in [3.63, 3.8) is 0 Å². The first-order valence-corrected chi connectivity index (χ1v) is 5.27. The van der Waals surface area contributed by atoms with Gasteiger partial charge in [-0.1, -0.05) is 0 Å². The first kappa shape index (κ1) is 10.3. The Hall–Kier alpha value is -1.22. The molecule has 1 aliphatic rings. The fraction of sp³-hybridized carbons (Fsp3) is 0.500. The summed E-state index contributed by atoms with van der Waals surface area (Å²) in [5.41, 5.74) is 4.00. The van der Waals surface area contributed by atoms with Gasteiger partial charge < -0.3 is 4.90 Å². The Bertz CT molecular complexity index is 412. The van der Waals surface area contributed by atoms with E-state index in [2.05, 4.69) is 16.9 Å². The maximum Gasteiger partial charge on any atom is 0.161 e. The van der Waals surface area contributed by atoms with Crippen molar-refractivity contribution in [3.05, 3.63) is 28.6 Å². The minimum atomic E-state index is 0.107. The summed E-state index contributed by atoms with van der Waals surface area (Å²) in [4.78, 5) is 18.2. The molecule has 0 N–H and O–H groups in total. The predicted octanol–water partition coefficient (Wildman–Crippen LogP) is 1.58. The molecule has 0 saturated carbocycles. The standard InChI is InChI=1S/C12H16N2O/c1-8-11(9(2)15)6-10-7-14(3)5-4-12(10)13-8/h6H,4-5,7H2,1-3H3. The number of rotatable bonds is 1. The number of likely N-dealkylation sites (N-methyl/N-ethyl adjacent to an activating group) is 1. The van der Waals surface area contributed by atoms with Gasteiger partial charge in [0.25, 0.3) is 0 Å². The van der Waals surface area contributed by atoms with E-state index in [0.717, 1.165) is 36.5 Å². The van der Waals surface area contributed by atoms with Gasteiger partial charge in [0.1, 0.15) is 0 Å². The molecule has 0 bridgehead atoms. The van der Waals surface area contributed by atoms with Gasteiger partial charge in [0.15, 0.2) is 5.78 Å². The van der Waals surface area contributed by atoms with Crippen LogP contribution in [0.25, 0.3) is 0 Å². The third kappa shape index (κ3) is 1.92. The average Bonchev–Trinajstić information content (AvgIpc) is 2.17. The number of hydrogen-bond acceptors (Lipinski definition) is 3. The highest BCUT2D eigenvalue weighted by molar-refractivity contribution is 5.95. The molecule has 1 aromatic rings. The molecule has 2 heterocycles. The van der Waals surface area contributed by atoms with Gasteiger partial charge in [-0.3, -0.25) is 9.78 Å². The lowest BCUT2D eigenvalue weighted by Crippen LogP contribution is -2.28. The number of ketones is 1. The zero-order valence-electron chi connectivity index (χ0n) is 9.50. The average molecular weight is 204 g/mol. The van der Waals surface area contributed by atoms with E-state index in [-0.39, 0.29) is 5.78 Å². The first-order chi connectivity index (χ1) is 7.08. The van der Waals surface area contributed by atoms with E-state index in [9.17, 15) is 4.79 Å². The molecule has 0 atom stereocenters. The van der Waals surface area contributed by atoms with Gasteiger partial charge in [-0.15, -0.1) is 0 Å². The minimum absolute atomic E-state index is 0.107. The molecular formula is C12H16N2O. The van der Waals surface area contributed by atoms with Crippen LogP contribution in [-0.2, 0) is 13.0 Å². The monoisotopic (exact) mass is 204 g/mol. The van der Waals surface area contributed by atoms with Gasteiger partial charge in [0.2, 0.25) is 0 Å². The van der Waals surface area contributed by atoms with E-state index in [4.69, 9.17) is 0 Å². The van der Waals surface area contributed by atoms with E-state index in [1.165, 1.54) is 5.56 Å². The van der Waals surface area contributed by atoms with Crippen LogP contribution in [0.5, 0.6) is 0 Å². The third-order valence-electron chi connectivity index (χ3n) is 2.93. The lowest BCUT2D eigenvalue weighted by molar-refractivity contribution is 0.101. The molecule has 3 nitrogen and oxygen atoms in total. The van der Waals surface area contributed by atoms with Crippen LogP contribution in [-0.4, -0.2) is 29.3 Å². The normalized spacial score (nSPS) is 16.2. The summed E-state index contributed by atoms with van der Waals surface area (Å²) in [5, 5.41) is 0. The molecule has 0 spiro atoms. The SMILES string of the molecule is CC(=O)c1cc2c(nc1C)CCN(C)C2. The molecule has 15 heavy (non-hydrogen) atoms. The summed E-state index contributed by atoms with van der Waals surface area (Å²) in [6.07, 6.45) is 0.991. The van der Waals surface area contributed by atoms with Gasteiger partial charge in [0, 0.05) is 36.5 Å². The summed E-state index contributed by atoms with van der Waals surface area (Å²) < 4.78 is 0. The molecule has 1 aromatic heterocycles. The number of hydrogen-bond donors (Lipinski definition) is 0. The van der Waals surface area contributed by atoms with Crippen molar-refractivity contribution in [2.75, 3.05) is 13.6 Å². The topological polar surface area (TPSA) is 33.2 Å². The van der Waals surface area contributed by atoms with Crippen molar-refractivity contribution in [2.45, 2.75) is 26.8 Å². The van der Waals surface area contributed by atoms with Crippen LogP contribution < -0.4 is 0 Å². The van der Waals surface area contributed by atoms with Crippen molar-refractivity contribution in [3.8, 4) is 0 Å². The molecule has 0 aromatic carbocycles. The molecule has 0 saturated heterocycles. The van der Waals surface area contributed by atoms with Crippen molar-refractivity contribution in [1.82, 2.24) is 9.88 Å². The lowest BCUT2D eigenvalue weighted by atomic mass is 10.0. The highest BCUT2D eigenvalue weighted by Gasteiger charge is 2.17. The van der Waals surface area contributed by atoms with Crippen molar-refractivity contribution >= 4 is 5.78 Å². The number of fused-ring (bicyclic) bond motifs is 1. The van der Waals surface area contributed by atoms with Crippen LogP contribution in [0, 0.1) is 6.92 Å². The number of Topliss-reactive ketones (excluding diaryl/α,β-unsaturated/α-hetero) is 1. The number of nitrogens with zero attached hydrogens (tertiary/aromatic N) is 2. The molecule has 80 valence electrons. The van der Waals surface area contributed by atoms with E-state index >= 15 is 0 Å². The molecule has 2 rings (SSSR count). The van der Waals surface area contributed by atoms with Crippen LogP contribution in [0.15, 0.2) is 6.07 Å². The Kier molecular flexibility index (Phi) is 2.57. The van der Waals surface area contributed by atoms with Gasteiger partial charge in [-0.05, 0) is 32.5 Å². The van der Waals surface area contributed by atoms with E-state index in [1.54, 1.807) is 6.92 Å². The van der Waals surface area contributed by atoms with Gasteiger partial charge >= 0.3 is 0 Å². The smallest absolute Gasteiger partial charge is 0.161 e. The van der Waals surface area contributed by atoms with Crippen molar-refractivity contribution in [1.29, 1.82) is 0 Å². The predicted molar refractivity (Wildman–Crippen MR) is 59.0 cm³/mol. The molecule has 0 radical (unpaired) electrons. The highest BCUT2D eigenvalue weighted by Crippen LogP contribution is 2.19. The lowest BCUT2D eigenvalue weighted by Gasteiger charge is -2.25. The first-order valence-electron chi connectivity index (χ1n) is 5.27. The second-order valence-corrected chi connectivity index (χ2v) is 4.27. The Labute approximate surface area is 90.1 Å². The van der Waals surface area contributed by atoms with Crippen LogP contribution in [0.4, 0.5) is 0 Å². The number of carbonyl (C=O) groups is 1. The largest absolute Gasteiger partial charge is 0.302 e. The molecule has 0 aliphatic carbocycles. The molecule has 0 fully saturated rings. The fourth-order valence-corrected chi connectivity index (χ4v) is 2.07. The second kappa shape index (κ2) is 3.74. The molecule has 0 amide bonds. The number of pyridine rings is 1. The molecular weight excluding hydrogens is 188 g/mol. The van der Waals surface area contributed by atoms with E-state index in [0.29, 0.717) is 0 Å². The quantitative estimate of drug-likeness (QED) is 0.651. The molecule has 1 aliphatic heterocycles. The molecule has 3 heteroatoms. The Balaban J connectivity index is 2.47. The summed E-state index contributed by atoms with van der Waals surface area (Å²) in [6, 6.07) is 2.01. The Morgan fingerprint density at radius 1 is 1.53 bits per heavy atom. The van der Waals surface area contributed by atoms with Gasteiger partial charge in [0.05, 0.1) is 0 Å². The van der Waals surface area contributed by atoms with Crippen LogP contribution >= 0.6 is 0 Å². The van der Waals surface area contributed by atoms with Crippen LogP contribution in [0.2, 0.25) is 0 Å². The maximum absolute atomic E-state index is 11.4. The number of carbonyl (C=O) groups excluding carboxylic acids is 1. The van der Waals surface area contributed by atoms with Gasteiger partial charge in [-0.25, -0.2) is 0 Å². The van der Waals surface area contributed by atoms with E-state index < -0.39 is 0 Å². The molecule has 0 unspecified atom stereocenters. The maximum atomic E-state index is 11.4. The summed E-state index contributed by atoms with van der Waals surface area (Å²) in [5.74, 6) is 0.107. The Morgan fingerprint density at radius 3 is 2.93 bits per heavy atom. The number of aryl methyl sites for hydroxylation is 1. The summed E-state index contributed by atoms with van der Waals surface area (Å²) >= 11 is 0. The van der Waals surface area contributed by atoms with Crippen molar-refractivity contribution < 1.29 is 4.79 Å².